The van der Waals surface area contributed by atoms with E-state index in [-0.39, 0.29) is 29.7 Å². The molecule has 25 heavy (non-hydrogen) atoms. The second kappa shape index (κ2) is 11.3. The van der Waals surface area contributed by atoms with E-state index in [1.807, 2.05) is 19.1 Å². The van der Waals surface area contributed by atoms with Gasteiger partial charge in [-0.2, -0.15) is 0 Å². The van der Waals surface area contributed by atoms with Gasteiger partial charge in [0.25, 0.3) is 0 Å². The number of rotatable bonds is 6. The number of nitrogens with zero attached hydrogens (tertiary/aromatic N) is 1. The van der Waals surface area contributed by atoms with Crippen molar-refractivity contribution in [3.8, 4) is 5.75 Å². The molecule has 0 aliphatic carbocycles. The molecule has 0 aliphatic heterocycles. The zero-order chi connectivity index (χ0) is 17.4. The zero-order valence-corrected chi connectivity index (χ0v) is 18.0. The highest BCUT2D eigenvalue weighted by molar-refractivity contribution is 14.0. The number of aryl methyl sites for hydroxylation is 1. The highest BCUT2D eigenvalue weighted by atomic mass is 127. The van der Waals surface area contributed by atoms with Gasteiger partial charge in [0.2, 0.25) is 0 Å². The summed E-state index contributed by atoms with van der Waals surface area (Å²) in [6.07, 6.45) is 2.10. The molecule has 2 rings (SSSR count). The second-order valence-electron chi connectivity index (χ2n) is 5.53. The number of benzene rings is 2. The fraction of sp³-hybridized carbons (Fsp3) is 0.316. The van der Waals surface area contributed by atoms with E-state index in [4.69, 9.17) is 0 Å². The second-order valence-corrected chi connectivity index (χ2v) is 6.38. The summed E-state index contributed by atoms with van der Waals surface area (Å²) in [6.45, 7) is 6.20. The number of nitrogens with one attached hydrogen (secondary N) is 2. The maximum atomic E-state index is 9.53. The van der Waals surface area contributed by atoms with Crippen molar-refractivity contribution in [2.45, 2.75) is 31.8 Å². The molecule has 0 amide bonds. The molecule has 0 saturated carbocycles. The van der Waals surface area contributed by atoms with Gasteiger partial charge in [-0.25, -0.2) is 4.99 Å². The van der Waals surface area contributed by atoms with Crippen molar-refractivity contribution in [1.82, 2.24) is 10.6 Å². The van der Waals surface area contributed by atoms with Gasteiger partial charge in [-0.15, -0.1) is 35.7 Å². The van der Waals surface area contributed by atoms with Gasteiger partial charge >= 0.3 is 0 Å². The summed E-state index contributed by atoms with van der Waals surface area (Å²) in [5.74, 6) is 1.04. The molecule has 0 bridgehead atoms. The normalized spacial score (nSPS) is 10.9. The first-order valence-corrected chi connectivity index (χ1v) is 9.28. The summed E-state index contributed by atoms with van der Waals surface area (Å²) in [6, 6.07) is 13.7. The first-order valence-electron chi connectivity index (χ1n) is 8.06. The van der Waals surface area contributed by atoms with E-state index in [0.717, 1.165) is 24.6 Å². The van der Waals surface area contributed by atoms with Gasteiger partial charge in [-0.1, -0.05) is 24.3 Å². The Morgan fingerprint density at radius 3 is 2.64 bits per heavy atom. The minimum Gasteiger partial charge on any atom is -0.508 e. The predicted octanol–water partition coefficient (Wildman–Crippen LogP) is 4.30. The molecular formula is C19H26IN3OS. The highest BCUT2D eigenvalue weighted by Crippen LogP contribution is 2.21. The number of aliphatic imine (C=N–C) groups is 1. The molecule has 0 unspecified atom stereocenters. The molecule has 0 heterocycles. The van der Waals surface area contributed by atoms with Gasteiger partial charge < -0.3 is 15.7 Å². The van der Waals surface area contributed by atoms with Crippen LogP contribution < -0.4 is 10.6 Å². The van der Waals surface area contributed by atoms with E-state index in [1.54, 1.807) is 23.9 Å². The van der Waals surface area contributed by atoms with Crippen LogP contribution in [0.3, 0.4) is 0 Å². The topological polar surface area (TPSA) is 56.7 Å². The monoisotopic (exact) mass is 471 g/mol. The predicted molar refractivity (Wildman–Crippen MR) is 118 cm³/mol. The van der Waals surface area contributed by atoms with E-state index < -0.39 is 0 Å². The fourth-order valence-electron chi connectivity index (χ4n) is 2.34. The van der Waals surface area contributed by atoms with Crippen molar-refractivity contribution < 1.29 is 5.11 Å². The number of aromatic hydroxyl groups is 1. The van der Waals surface area contributed by atoms with E-state index in [1.165, 1.54) is 16.0 Å². The van der Waals surface area contributed by atoms with Crippen LogP contribution in [0.25, 0.3) is 0 Å². The minimum atomic E-state index is 0. The van der Waals surface area contributed by atoms with E-state index in [2.05, 4.69) is 47.0 Å². The maximum Gasteiger partial charge on any atom is 0.191 e. The lowest BCUT2D eigenvalue weighted by molar-refractivity contribution is 0.474. The SMILES string of the molecule is CCNC(=NCc1cccc(O)c1)NCc1ccc(C)cc1SC.I. The molecule has 0 aliphatic rings. The Labute approximate surface area is 171 Å². The Balaban J connectivity index is 0.00000312. The van der Waals surface area contributed by atoms with E-state index in [0.29, 0.717) is 6.54 Å². The lowest BCUT2D eigenvalue weighted by atomic mass is 10.1. The Hall–Kier alpha value is -1.41. The van der Waals surface area contributed by atoms with Crippen molar-refractivity contribution in [1.29, 1.82) is 0 Å². The molecule has 4 nitrogen and oxygen atoms in total. The molecule has 0 fully saturated rings. The van der Waals surface area contributed by atoms with Crippen LogP contribution in [0.5, 0.6) is 5.75 Å². The summed E-state index contributed by atoms with van der Waals surface area (Å²) in [5, 5.41) is 16.2. The standard InChI is InChI=1S/C19H25N3OS.HI/c1-4-20-19(21-12-15-6-5-7-17(23)11-15)22-13-16-9-8-14(2)10-18(16)24-3;/h5-11,23H,4,12-13H2,1-3H3,(H2,20,21,22);1H. The van der Waals surface area contributed by atoms with Gasteiger partial charge in [0.1, 0.15) is 5.75 Å². The van der Waals surface area contributed by atoms with Crippen LogP contribution in [0.1, 0.15) is 23.6 Å². The smallest absolute Gasteiger partial charge is 0.191 e. The van der Waals surface area contributed by atoms with Crippen molar-refractivity contribution in [3.05, 3.63) is 59.2 Å². The first-order chi connectivity index (χ1) is 11.6. The third-order valence-corrected chi connectivity index (χ3v) is 4.38. The summed E-state index contributed by atoms with van der Waals surface area (Å²) >= 11 is 1.76. The zero-order valence-electron chi connectivity index (χ0n) is 14.9. The Morgan fingerprint density at radius 1 is 1.16 bits per heavy atom. The largest absolute Gasteiger partial charge is 0.508 e. The molecule has 0 atom stereocenters. The van der Waals surface area contributed by atoms with Crippen LogP contribution in [0.15, 0.2) is 52.4 Å². The van der Waals surface area contributed by atoms with Gasteiger partial charge in [0.05, 0.1) is 6.54 Å². The average Bonchev–Trinajstić information content (AvgIpc) is 2.58. The average molecular weight is 471 g/mol. The number of guanidine groups is 1. The van der Waals surface area contributed by atoms with Gasteiger partial charge in [0.15, 0.2) is 5.96 Å². The number of thioether (sulfide) groups is 1. The molecule has 2 aromatic carbocycles. The molecule has 0 aromatic heterocycles. The van der Waals surface area contributed by atoms with Crippen molar-refractivity contribution in [3.63, 3.8) is 0 Å². The molecule has 3 N–H and O–H groups in total. The van der Waals surface area contributed by atoms with Gasteiger partial charge in [-0.3, -0.25) is 0 Å². The molecule has 0 radical (unpaired) electrons. The number of phenolic OH excluding ortho intramolecular Hbond substituents is 1. The Bertz CT molecular complexity index is 707. The lowest BCUT2D eigenvalue weighted by Gasteiger charge is -2.14. The Kier molecular flexibility index (Phi) is 9.74. The van der Waals surface area contributed by atoms with E-state index in [9.17, 15) is 5.11 Å². The highest BCUT2D eigenvalue weighted by Gasteiger charge is 2.04. The molecule has 0 saturated heterocycles. The van der Waals surface area contributed by atoms with Crippen molar-refractivity contribution >= 4 is 41.7 Å². The van der Waals surface area contributed by atoms with Crippen LogP contribution in [-0.2, 0) is 13.1 Å². The Morgan fingerprint density at radius 2 is 1.96 bits per heavy atom. The van der Waals surface area contributed by atoms with Gasteiger partial charge in [0, 0.05) is 18.0 Å². The van der Waals surface area contributed by atoms with Crippen LogP contribution in [-0.4, -0.2) is 23.9 Å². The minimum absolute atomic E-state index is 0. The molecule has 0 spiro atoms. The summed E-state index contributed by atoms with van der Waals surface area (Å²) < 4.78 is 0. The van der Waals surface area contributed by atoms with Crippen LogP contribution in [0.4, 0.5) is 0 Å². The number of hydrogen-bond donors (Lipinski definition) is 3. The number of halogens is 1. The first kappa shape index (κ1) is 21.6. The third kappa shape index (κ3) is 7.15. The fourth-order valence-corrected chi connectivity index (χ4v) is 3.05. The van der Waals surface area contributed by atoms with Crippen molar-refractivity contribution in [2.75, 3.05) is 12.8 Å². The number of hydrogen-bond acceptors (Lipinski definition) is 3. The molecule has 6 heteroatoms. The summed E-state index contributed by atoms with van der Waals surface area (Å²) in [4.78, 5) is 5.87. The molecule has 2 aromatic rings. The van der Waals surface area contributed by atoms with Crippen LogP contribution in [0, 0.1) is 6.92 Å². The van der Waals surface area contributed by atoms with Crippen LogP contribution >= 0.6 is 35.7 Å². The summed E-state index contributed by atoms with van der Waals surface area (Å²) in [7, 11) is 0. The quantitative estimate of drug-likeness (QED) is 0.255. The van der Waals surface area contributed by atoms with Crippen molar-refractivity contribution in [2.24, 2.45) is 4.99 Å². The summed E-state index contributed by atoms with van der Waals surface area (Å²) in [5.41, 5.74) is 3.51. The third-order valence-electron chi connectivity index (χ3n) is 3.56. The van der Waals surface area contributed by atoms with Crippen LogP contribution in [0.2, 0.25) is 0 Å². The maximum absolute atomic E-state index is 9.53. The molecular weight excluding hydrogens is 445 g/mol. The lowest BCUT2D eigenvalue weighted by Crippen LogP contribution is -2.36. The number of phenols is 1. The molecule has 136 valence electrons. The van der Waals surface area contributed by atoms with Gasteiger partial charge in [-0.05, 0) is 55.0 Å². The van der Waals surface area contributed by atoms with E-state index >= 15 is 0 Å².